The second-order valence-electron chi connectivity index (χ2n) is 3.24. The maximum Gasteiger partial charge on any atom is 0.0626 e. The van der Waals surface area contributed by atoms with E-state index < -0.39 is 0 Å². The topological polar surface area (TPSA) is 17.1 Å². The van der Waals surface area contributed by atoms with Crippen molar-refractivity contribution < 1.29 is 37.5 Å². The number of rotatable bonds is 1. The van der Waals surface area contributed by atoms with Crippen LogP contribution in [0.1, 0.15) is 13.8 Å². The van der Waals surface area contributed by atoms with Gasteiger partial charge in [0.25, 0.3) is 0 Å². The summed E-state index contributed by atoms with van der Waals surface area (Å²) in [6.07, 6.45) is 11.3. The van der Waals surface area contributed by atoms with Crippen LogP contribution < -0.4 is 0 Å². The molecular formula is C10H11OY-. The molecule has 61 valence electrons. The minimum absolute atomic E-state index is 0. The van der Waals surface area contributed by atoms with Crippen molar-refractivity contribution in [1.29, 1.82) is 0 Å². The number of hydrogen-bond donors (Lipinski definition) is 0. The van der Waals surface area contributed by atoms with Crippen molar-refractivity contribution in [2.45, 2.75) is 13.8 Å². The predicted molar refractivity (Wildman–Crippen MR) is 45.8 cm³/mol. The molecule has 1 aliphatic carbocycles. The summed E-state index contributed by atoms with van der Waals surface area (Å²) in [6.45, 7) is 4.17. The van der Waals surface area contributed by atoms with Gasteiger partial charge in [-0.15, -0.1) is 12.2 Å². The van der Waals surface area contributed by atoms with E-state index in [1.54, 1.807) is 12.2 Å². The summed E-state index contributed by atoms with van der Waals surface area (Å²) in [7, 11) is 0. The van der Waals surface area contributed by atoms with Gasteiger partial charge < -0.3 is 4.79 Å². The van der Waals surface area contributed by atoms with Crippen molar-refractivity contribution in [2.75, 3.05) is 0 Å². The maximum absolute atomic E-state index is 10.2. The molecule has 12 heavy (non-hydrogen) atoms. The van der Waals surface area contributed by atoms with E-state index >= 15 is 0 Å². The van der Waals surface area contributed by atoms with E-state index in [2.05, 4.69) is 13.8 Å². The van der Waals surface area contributed by atoms with Crippen LogP contribution in [0.2, 0.25) is 0 Å². The second kappa shape index (κ2) is 4.88. The molecule has 1 rings (SSSR count). The van der Waals surface area contributed by atoms with Crippen LogP contribution in [0, 0.1) is 5.41 Å². The van der Waals surface area contributed by atoms with Crippen LogP contribution in [-0.4, -0.2) is 6.29 Å². The minimum atomic E-state index is 0. The van der Waals surface area contributed by atoms with Gasteiger partial charge in [-0.3, -0.25) is 0 Å². The van der Waals surface area contributed by atoms with Crippen molar-refractivity contribution in [3.8, 4) is 0 Å². The van der Waals surface area contributed by atoms with Crippen molar-refractivity contribution >= 4 is 6.29 Å². The zero-order valence-corrected chi connectivity index (χ0v) is 10.2. The largest absolute Gasteiger partial charge is 0.376 e. The summed E-state index contributed by atoms with van der Waals surface area (Å²) in [4.78, 5) is 10.2. The Hall–Kier alpha value is -0.00610. The van der Waals surface area contributed by atoms with Crippen LogP contribution in [0.25, 0.3) is 0 Å². The van der Waals surface area contributed by atoms with Crippen LogP contribution in [0.3, 0.4) is 0 Å². The summed E-state index contributed by atoms with van der Waals surface area (Å²) in [5.74, 6) is 0. The molecule has 0 aromatic rings. The van der Waals surface area contributed by atoms with Gasteiger partial charge in [-0.1, -0.05) is 19.9 Å². The molecule has 0 spiro atoms. The van der Waals surface area contributed by atoms with Gasteiger partial charge in [0.15, 0.2) is 0 Å². The third-order valence-electron chi connectivity index (χ3n) is 1.61. The maximum atomic E-state index is 10.2. The van der Waals surface area contributed by atoms with Crippen molar-refractivity contribution in [1.82, 2.24) is 0 Å². The molecule has 0 unspecified atom stereocenters. The van der Waals surface area contributed by atoms with Crippen LogP contribution in [0.15, 0.2) is 36.0 Å². The summed E-state index contributed by atoms with van der Waals surface area (Å²) in [6, 6.07) is 0. The molecule has 0 atom stereocenters. The smallest absolute Gasteiger partial charge is 0.0626 e. The first-order valence-corrected chi connectivity index (χ1v) is 3.61. The molecular weight excluding hydrogens is 225 g/mol. The SMILES string of the molecule is CC1(C)C=CC=C([C-]=O)C=C1.[Y]. The van der Waals surface area contributed by atoms with Crippen molar-refractivity contribution in [3.63, 3.8) is 0 Å². The summed E-state index contributed by atoms with van der Waals surface area (Å²) >= 11 is 0. The Balaban J connectivity index is 0.00000121. The molecule has 1 nitrogen and oxygen atoms in total. The summed E-state index contributed by atoms with van der Waals surface area (Å²) in [5, 5.41) is 0. The fourth-order valence-electron chi connectivity index (χ4n) is 0.883. The summed E-state index contributed by atoms with van der Waals surface area (Å²) < 4.78 is 0. The average molecular weight is 236 g/mol. The van der Waals surface area contributed by atoms with Gasteiger partial charge in [0.1, 0.15) is 0 Å². The van der Waals surface area contributed by atoms with Crippen LogP contribution >= 0.6 is 0 Å². The van der Waals surface area contributed by atoms with Crippen LogP contribution in [0.5, 0.6) is 0 Å². The van der Waals surface area contributed by atoms with Crippen LogP contribution in [0.4, 0.5) is 0 Å². The Kier molecular flexibility index (Phi) is 4.88. The third kappa shape index (κ3) is 3.60. The Morgan fingerprint density at radius 1 is 1.33 bits per heavy atom. The Morgan fingerprint density at radius 3 is 2.58 bits per heavy atom. The van der Waals surface area contributed by atoms with E-state index in [1.807, 2.05) is 24.5 Å². The van der Waals surface area contributed by atoms with Gasteiger partial charge in [0.2, 0.25) is 0 Å². The molecule has 1 aliphatic rings. The third-order valence-corrected chi connectivity index (χ3v) is 1.61. The molecule has 0 aliphatic heterocycles. The zero-order chi connectivity index (χ0) is 8.32. The zero-order valence-electron chi connectivity index (χ0n) is 7.37. The van der Waals surface area contributed by atoms with E-state index in [9.17, 15) is 4.79 Å². The monoisotopic (exact) mass is 236 g/mol. The number of allylic oxidation sites excluding steroid dienone is 6. The van der Waals surface area contributed by atoms with Crippen molar-refractivity contribution in [3.05, 3.63) is 36.0 Å². The van der Waals surface area contributed by atoms with Gasteiger partial charge in [0, 0.05) is 32.7 Å². The second-order valence-corrected chi connectivity index (χ2v) is 3.24. The minimum Gasteiger partial charge on any atom is -0.376 e. The van der Waals surface area contributed by atoms with Gasteiger partial charge in [-0.2, -0.15) is 17.7 Å². The van der Waals surface area contributed by atoms with E-state index in [0.717, 1.165) is 0 Å². The normalized spacial score (nSPS) is 19.0. The molecule has 0 saturated heterocycles. The Labute approximate surface area is 98.5 Å². The molecule has 1 radical (unpaired) electrons. The molecule has 0 bridgehead atoms. The van der Waals surface area contributed by atoms with Gasteiger partial charge in [0.05, 0.1) is 6.29 Å². The molecule has 0 fully saturated rings. The van der Waals surface area contributed by atoms with E-state index in [1.165, 1.54) is 0 Å². The van der Waals surface area contributed by atoms with Crippen LogP contribution in [-0.2, 0) is 37.5 Å². The Bertz CT molecular complexity index is 247. The first kappa shape index (κ1) is 12.0. The van der Waals surface area contributed by atoms with E-state index in [4.69, 9.17) is 0 Å². The fourth-order valence-corrected chi connectivity index (χ4v) is 0.883. The molecule has 0 aromatic carbocycles. The Morgan fingerprint density at radius 2 is 2.00 bits per heavy atom. The van der Waals surface area contributed by atoms with Gasteiger partial charge in [-0.25, -0.2) is 0 Å². The molecule has 0 heterocycles. The first-order valence-electron chi connectivity index (χ1n) is 3.61. The van der Waals surface area contributed by atoms with Crippen molar-refractivity contribution in [2.24, 2.45) is 5.41 Å². The van der Waals surface area contributed by atoms with E-state index in [0.29, 0.717) is 5.57 Å². The predicted octanol–water partition coefficient (Wildman–Crippen LogP) is 2.17. The average Bonchev–Trinajstić information content (AvgIpc) is 2.10. The number of hydrogen-bond acceptors (Lipinski definition) is 1. The van der Waals surface area contributed by atoms with E-state index in [-0.39, 0.29) is 38.1 Å². The summed E-state index contributed by atoms with van der Waals surface area (Å²) in [5.41, 5.74) is 0.654. The molecule has 0 N–H and O–H groups in total. The first-order chi connectivity index (χ1) is 5.14. The van der Waals surface area contributed by atoms with Gasteiger partial charge >= 0.3 is 0 Å². The van der Waals surface area contributed by atoms with Gasteiger partial charge in [-0.05, 0) is 5.41 Å². The standard InChI is InChI=1S/C10H11O.Y/c1-10(2)6-3-4-9(8-11)5-7-10;/h3-7H,1-2H3;/q-1;. The molecule has 0 saturated carbocycles. The quantitative estimate of drug-likeness (QED) is 0.637. The number of carbonyl (C=O) groups excluding carboxylic acids is 1. The molecule has 0 amide bonds. The molecule has 2 heteroatoms. The fraction of sp³-hybridized carbons (Fsp3) is 0.300. The molecule has 0 aromatic heterocycles.